The van der Waals surface area contributed by atoms with E-state index in [2.05, 4.69) is 5.32 Å². The highest BCUT2D eigenvalue weighted by molar-refractivity contribution is 6.32. The molecule has 1 amide bonds. The fourth-order valence-electron chi connectivity index (χ4n) is 1.45. The molecule has 0 aliphatic carbocycles. The molecule has 0 aromatic heterocycles. The van der Waals surface area contributed by atoms with E-state index in [1.165, 1.54) is 14.2 Å². The van der Waals surface area contributed by atoms with E-state index in [0.29, 0.717) is 22.2 Å². The first-order chi connectivity index (χ1) is 8.47. The molecule has 0 radical (unpaired) electrons. The van der Waals surface area contributed by atoms with Gasteiger partial charge in [-0.3, -0.25) is 4.79 Å². The summed E-state index contributed by atoms with van der Waals surface area (Å²) in [4.78, 5) is 11.6. The number of nitrogens with two attached hydrogens (primary N) is 1. The number of anilines is 1. The monoisotopic (exact) mass is 272 g/mol. The summed E-state index contributed by atoms with van der Waals surface area (Å²) in [6.07, 6.45) is 0.229. The van der Waals surface area contributed by atoms with E-state index < -0.39 is 0 Å². The van der Waals surface area contributed by atoms with E-state index in [-0.39, 0.29) is 18.4 Å². The Morgan fingerprint density at radius 1 is 1.39 bits per heavy atom. The SMILES string of the molecule is COc1cc(OC)c(NC(=O)CC(C)N)cc1Cl. The molecule has 1 atom stereocenters. The van der Waals surface area contributed by atoms with Crippen LogP contribution in [0.2, 0.25) is 5.02 Å². The minimum absolute atomic E-state index is 0.190. The topological polar surface area (TPSA) is 73.6 Å². The molecule has 0 fully saturated rings. The highest BCUT2D eigenvalue weighted by Gasteiger charge is 2.13. The van der Waals surface area contributed by atoms with Gasteiger partial charge in [-0.25, -0.2) is 0 Å². The molecule has 0 bridgehead atoms. The molecule has 0 heterocycles. The van der Waals surface area contributed by atoms with E-state index in [9.17, 15) is 4.79 Å². The number of amides is 1. The van der Waals surface area contributed by atoms with Crippen LogP contribution in [0.5, 0.6) is 11.5 Å². The molecule has 1 rings (SSSR count). The van der Waals surface area contributed by atoms with Gasteiger partial charge in [0.1, 0.15) is 11.5 Å². The Kier molecular flexibility index (Phi) is 5.25. The van der Waals surface area contributed by atoms with Crippen molar-refractivity contribution in [2.75, 3.05) is 19.5 Å². The largest absolute Gasteiger partial charge is 0.495 e. The van der Waals surface area contributed by atoms with Gasteiger partial charge in [0, 0.05) is 18.5 Å². The Balaban J connectivity index is 2.94. The molecule has 0 spiro atoms. The number of carbonyl (C=O) groups is 1. The second kappa shape index (κ2) is 6.47. The average molecular weight is 273 g/mol. The summed E-state index contributed by atoms with van der Waals surface area (Å²) >= 11 is 5.99. The average Bonchev–Trinajstić information content (AvgIpc) is 2.28. The Hall–Kier alpha value is -1.46. The number of benzene rings is 1. The van der Waals surface area contributed by atoms with Crippen LogP contribution < -0.4 is 20.5 Å². The van der Waals surface area contributed by atoms with Crippen LogP contribution in [0, 0.1) is 0 Å². The summed E-state index contributed by atoms with van der Waals surface area (Å²) in [7, 11) is 3.01. The van der Waals surface area contributed by atoms with E-state index in [1.54, 1.807) is 19.1 Å². The molecule has 3 N–H and O–H groups in total. The van der Waals surface area contributed by atoms with Gasteiger partial charge in [-0.1, -0.05) is 11.6 Å². The third-order valence-electron chi connectivity index (χ3n) is 2.26. The molecule has 0 saturated carbocycles. The number of methoxy groups -OCH3 is 2. The maximum Gasteiger partial charge on any atom is 0.226 e. The summed E-state index contributed by atoms with van der Waals surface area (Å²) in [5.41, 5.74) is 6.05. The second-order valence-corrected chi connectivity index (χ2v) is 4.32. The van der Waals surface area contributed by atoms with Crippen molar-refractivity contribution in [3.8, 4) is 11.5 Å². The third kappa shape index (κ3) is 3.78. The fourth-order valence-corrected chi connectivity index (χ4v) is 1.69. The minimum atomic E-state index is -0.204. The summed E-state index contributed by atoms with van der Waals surface area (Å²) in [6.45, 7) is 1.76. The van der Waals surface area contributed by atoms with Gasteiger partial charge < -0.3 is 20.5 Å². The zero-order chi connectivity index (χ0) is 13.7. The van der Waals surface area contributed by atoms with Crippen molar-refractivity contribution in [3.05, 3.63) is 17.2 Å². The molecule has 1 aromatic rings. The lowest BCUT2D eigenvalue weighted by Gasteiger charge is -2.13. The van der Waals surface area contributed by atoms with Gasteiger partial charge >= 0.3 is 0 Å². The Morgan fingerprint density at radius 2 is 2.00 bits per heavy atom. The maximum atomic E-state index is 11.6. The van der Waals surface area contributed by atoms with Crippen LogP contribution in [0.4, 0.5) is 5.69 Å². The maximum absolute atomic E-state index is 11.6. The molecular weight excluding hydrogens is 256 g/mol. The van der Waals surface area contributed by atoms with Crippen LogP contribution in [-0.4, -0.2) is 26.2 Å². The number of nitrogens with one attached hydrogen (secondary N) is 1. The van der Waals surface area contributed by atoms with Gasteiger partial charge in [0.25, 0.3) is 0 Å². The number of carbonyl (C=O) groups excluding carboxylic acids is 1. The van der Waals surface area contributed by atoms with Crippen molar-refractivity contribution >= 4 is 23.2 Å². The Bertz CT molecular complexity index is 436. The normalized spacial score (nSPS) is 11.8. The van der Waals surface area contributed by atoms with E-state index in [1.807, 2.05) is 0 Å². The zero-order valence-electron chi connectivity index (χ0n) is 10.6. The molecule has 0 aliphatic rings. The number of hydrogen-bond acceptors (Lipinski definition) is 4. The van der Waals surface area contributed by atoms with Crippen LogP contribution in [0.3, 0.4) is 0 Å². The lowest BCUT2D eigenvalue weighted by molar-refractivity contribution is -0.116. The van der Waals surface area contributed by atoms with E-state index in [0.717, 1.165) is 0 Å². The molecule has 18 heavy (non-hydrogen) atoms. The van der Waals surface area contributed by atoms with Gasteiger partial charge in [0.15, 0.2) is 0 Å². The first kappa shape index (κ1) is 14.6. The molecule has 1 aromatic carbocycles. The van der Waals surface area contributed by atoms with Crippen LogP contribution in [-0.2, 0) is 4.79 Å². The van der Waals surface area contributed by atoms with Crippen molar-refractivity contribution in [1.82, 2.24) is 0 Å². The predicted octanol–water partition coefficient (Wildman–Crippen LogP) is 2.03. The van der Waals surface area contributed by atoms with E-state index in [4.69, 9.17) is 26.8 Å². The quantitative estimate of drug-likeness (QED) is 0.860. The van der Waals surface area contributed by atoms with Crippen LogP contribution in [0.25, 0.3) is 0 Å². The minimum Gasteiger partial charge on any atom is -0.495 e. The molecular formula is C12H17ClN2O3. The van der Waals surface area contributed by atoms with Crippen LogP contribution in [0.15, 0.2) is 12.1 Å². The van der Waals surface area contributed by atoms with Gasteiger partial charge in [0.2, 0.25) is 5.91 Å². The standard InChI is InChI=1S/C12H17ClN2O3/c1-7(14)4-12(16)15-9-5-8(13)10(17-2)6-11(9)18-3/h5-7H,4,14H2,1-3H3,(H,15,16). The molecule has 0 aliphatic heterocycles. The number of halogens is 1. The third-order valence-corrected chi connectivity index (χ3v) is 2.55. The van der Waals surface area contributed by atoms with Gasteiger partial charge in [-0.2, -0.15) is 0 Å². The molecule has 0 saturated heterocycles. The number of rotatable bonds is 5. The smallest absolute Gasteiger partial charge is 0.226 e. The highest BCUT2D eigenvalue weighted by Crippen LogP contribution is 2.35. The van der Waals surface area contributed by atoms with Gasteiger partial charge in [0.05, 0.1) is 24.9 Å². The highest BCUT2D eigenvalue weighted by atomic mass is 35.5. The van der Waals surface area contributed by atoms with Crippen molar-refractivity contribution in [3.63, 3.8) is 0 Å². The first-order valence-corrected chi connectivity index (χ1v) is 5.82. The van der Waals surface area contributed by atoms with E-state index >= 15 is 0 Å². The van der Waals surface area contributed by atoms with Crippen molar-refractivity contribution in [2.45, 2.75) is 19.4 Å². The van der Waals surface area contributed by atoms with Crippen molar-refractivity contribution in [2.24, 2.45) is 5.73 Å². The van der Waals surface area contributed by atoms with Crippen molar-refractivity contribution < 1.29 is 14.3 Å². The molecule has 1 unspecified atom stereocenters. The lowest BCUT2D eigenvalue weighted by atomic mass is 10.2. The number of hydrogen-bond donors (Lipinski definition) is 2. The number of ether oxygens (including phenoxy) is 2. The van der Waals surface area contributed by atoms with Gasteiger partial charge in [-0.05, 0) is 13.0 Å². The summed E-state index contributed by atoms with van der Waals surface area (Å²) < 4.78 is 10.2. The van der Waals surface area contributed by atoms with Crippen LogP contribution >= 0.6 is 11.6 Å². The molecule has 100 valence electrons. The molecule has 6 heteroatoms. The second-order valence-electron chi connectivity index (χ2n) is 3.92. The summed E-state index contributed by atoms with van der Waals surface area (Å²) in [6, 6.07) is 2.99. The summed E-state index contributed by atoms with van der Waals surface area (Å²) in [5, 5.41) is 3.10. The lowest BCUT2D eigenvalue weighted by Crippen LogP contribution is -2.24. The first-order valence-electron chi connectivity index (χ1n) is 5.45. The Morgan fingerprint density at radius 3 is 2.50 bits per heavy atom. The predicted molar refractivity (Wildman–Crippen MR) is 71.5 cm³/mol. The molecule has 5 nitrogen and oxygen atoms in total. The summed E-state index contributed by atoms with van der Waals surface area (Å²) in [5.74, 6) is 0.775. The van der Waals surface area contributed by atoms with Crippen LogP contribution in [0.1, 0.15) is 13.3 Å². The Labute approximate surface area is 111 Å². The zero-order valence-corrected chi connectivity index (χ0v) is 11.4. The van der Waals surface area contributed by atoms with Crippen molar-refractivity contribution in [1.29, 1.82) is 0 Å². The van der Waals surface area contributed by atoms with Gasteiger partial charge in [-0.15, -0.1) is 0 Å². The fraction of sp³-hybridized carbons (Fsp3) is 0.417.